The van der Waals surface area contributed by atoms with Gasteiger partial charge in [-0.1, -0.05) is 44.2 Å². The Bertz CT molecular complexity index is 349. The maximum absolute atomic E-state index is 3.58. The Kier molecular flexibility index (Phi) is 5.45. The second-order valence-electron chi connectivity index (χ2n) is 6.60. The Balaban J connectivity index is 1.89. The molecule has 0 saturated heterocycles. The summed E-state index contributed by atoms with van der Waals surface area (Å²) in [4.78, 5) is 0. The molecule has 1 N–H and O–H groups in total. The molecule has 3 atom stereocenters. The zero-order valence-electron chi connectivity index (χ0n) is 12.7. The number of hydrogen-bond acceptors (Lipinski definition) is 1. The van der Waals surface area contributed by atoms with Crippen molar-refractivity contribution < 1.29 is 0 Å². The van der Waals surface area contributed by atoms with E-state index < -0.39 is 0 Å². The van der Waals surface area contributed by atoms with E-state index in [0.29, 0.717) is 6.04 Å². The first kappa shape index (κ1) is 14.6. The molecular formula is C18H29N. The highest BCUT2D eigenvalue weighted by molar-refractivity contribution is 5.14. The Labute approximate surface area is 118 Å². The highest BCUT2D eigenvalue weighted by Gasteiger charge is 2.28. The molecule has 0 aromatic heterocycles. The molecule has 2 rings (SSSR count). The number of nitrogens with one attached hydrogen (secondary N) is 1. The van der Waals surface area contributed by atoms with Gasteiger partial charge in [0.2, 0.25) is 0 Å². The van der Waals surface area contributed by atoms with Crippen molar-refractivity contribution in [3.63, 3.8) is 0 Å². The molecule has 3 unspecified atom stereocenters. The quantitative estimate of drug-likeness (QED) is 0.832. The van der Waals surface area contributed by atoms with Gasteiger partial charge in [0.1, 0.15) is 0 Å². The average molecular weight is 259 g/mol. The van der Waals surface area contributed by atoms with E-state index in [1.165, 1.54) is 37.7 Å². The summed E-state index contributed by atoms with van der Waals surface area (Å²) < 4.78 is 0. The fraction of sp³-hybridized carbons (Fsp3) is 0.667. The second kappa shape index (κ2) is 7.09. The van der Waals surface area contributed by atoms with Crippen molar-refractivity contribution in [2.24, 2.45) is 17.8 Å². The first-order valence-electron chi connectivity index (χ1n) is 7.90. The van der Waals surface area contributed by atoms with E-state index in [1.807, 2.05) is 0 Å². The van der Waals surface area contributed by atoms with Gasteiger partial charge in [0.25, 0.3) is 0 Å². The van der Waals surface area contributed by atoms with Gasteiger partial charge in [-0.05, 0) is 62.5 Å². The number of hydrogen-bond donors (Lipinski definition) is 1. The summed E-state index contributed by atoms with van der Waals surface area (Å²) in [5, 5.41) is 3.58. The first-order valence-corrected chi connectivity index (χ1v) is 7.90. The second-order valence-corrected chi connectivity index (χ2v) is 6.60. The topological polar surface area (TPSA) is 12.0 Å². The van der Waals surface area contributed by atoms with Crippen molar-refractivity contribution >= 4 is 0 Å². The van der Waals surface area contributed by atoms with Crippen LogP contribution in [0.25, 0.3) is 0 Å². The maximum Gasteiger partial charge on any atom is 0.00956 e. The largest absolute Gasteiger partial charge is 0.317 e. The molecule has 1 aliphatic rings. The predicted octanol–water partition coefficient (Wildman–Crippen LogP) is 4.28. The molecular weight excluding hydrogens is 230 g/mol. The van der Waals surface area contributed by atoms with Gasteiger partial charge in [-0.15, -0.1) is 0 Å². The average Bonchev–Trinajstić information content (AvgIpc) is 2.39. The van der Waals surface area contributed by atoms with Crippen LogP contribution in [0, 0.1) is 17.8 Å². The smallest absolute Gasteiger partial charge is 0.00956 e. The Hall–Kier alpha value is -0.820. The number of rotatable bonds is 5. The molecule has 0 amide bonds. The fourth-order valence-electron chi connectivity index (χ4n) is 3.92. The third-order valence-electron chi connectivity index (χ3n) is 4.74. The summed E-state index contributed by atoms with van der Waals surface area (Å²) in [6.07, 6.45) is 6.71. The van der Waals surface area contributed by atoms with Crippen LogP contribution in [-0.2, 0) is 6.42 Å². The molecule has 1 nitrogen and oxygen atoms in total. The lowest BCUT2D eigenvalue weighted by Crippen LogP contribution is -2.38. The Morgan fingerprint density at radius 1 is 1.05 bits per heavy atom. The van der Waals surface area contributed by atoms with Crippen LogP contribution < -0.4 is 5.32 Å². The zero-order chi connectivity index (χ0) is 13.7. The van der Waals surface area contributed by atoms with Crippen LogP contribution in [0.15, 0.2) is 30.3 Å². The minimum absolute atomic E-state index is 0.686. The monoisotopic (exact) mass is 259 g/mol. The van der Waals surface area contributed by atoms with Crippen molar-refractivity contribution in [1.82, 2.24) is 5.32 Å². The molecule has 0 radical (unpaired) electrons. The minimum atomic E-state index is 0.686. The highest BCUT2D eigenvalue weighted by atomic mass is 14.9. The summed E-state index contributed by atoms with van der Waals surface area (Å²) in [6.45, 7) is 4.85. The number of aryl methyl sites for hydroxylation is 1. The highest BCUT2D eigenvalue weighted by Crippen LogP contribution is 2.35. The normalized spacial score (nSPS) is 29.1. The van der Waals surface area contributed by atoms with Crippen molar-refractivity contribution in [2.75, 3.05) is 7.05 Å². The lowest BCUT2D eigenvalue weighted by molar-refractivity contribution is 0.175. The van der Waals surface area contributed by atoms with E-state index >= 15 is 0 Å². The van der Waals surface area contributed by atoms with Crippen molar-refractivity contribution in [3.05, 3.63) is 35.9 Å². The van der Waals surface area contributed by atoms with E-state index in [2.05, 4.69) is 56.5 Å². The van der Waals surface area contributed by atoms with E-state index in [4.69, 9.17) is 0 Å². The van der Waals surface area contributed by atoms with Crippen molar-refractivity contribution in [2.45, 2.75) is 52.0 Å². The molecule has 0 spiro atoms. The molecule has 0 aliphatic heterocycles. The molecule has 1 aromatic carbocycles. The van der Waals surface area contributed by atoms with Gasteiger partial charge in [0.05, 0.1) is 0 Å². The van der Waals surface area contributed by atoms with E-state index in [0.717, 1.165) is 17.8 Å². The summed E-state index contributed by atoms with van der Waals surface area (Å²) >= 11 is 0. The maximum atomic E-state index is 3.58. The van der Waals surface area contributed by atoms with Crippen molar-refractivity contribution in [1.29, 1.82) is 0 Å². The standard InChI is InChI=1S/C18H29N/c1-14-11-15(2)13-17(12-14)18(19-3)10-9-16-7-5-4-6-8-16/h4-8,14-15,17-19H,9-13H2,1-3H3. The minimum Gasteiger partial charge on any atom is -0.317 e. The lowest BCUT2D eigenvalue weighted by atomic mass is 9.73. The van der Waals surface area contributed by atoms with Crippen LogP contribution in [0.5, 0.6) is 0 Å². The predicted molar refractivity (Wildman–Crippen MR) is 83.3 cm³/mol. The van der Waals surface area contributed by atoms with E-state index in [9.17, 15) is 0 Å². The first-order chi connectivity index (χ1) is 9.19. The molecule has 1 fully saturated rings. The third-order valence-corrected chi connectivity index (χ3v) is 4.74. The van der Waals surface area contributed by atoms with Crippen LogP contribution >= 0.6 is 0 Å². The van der Waals surface area contributed by atoms with Gasteiger partial charge < -0.3 is 5.32 Å². The van der Waals surface area contributed by atoms with Crippen LogP contribution in [0.4, 0.5) is 0 Å². The molecule has 0 bridgehead atoms. The van der Waals surface area contributed by atoms with Gasteiger partial charge in [-0.3, -0.25) is 0 Å². The zero-order valence-corrected chi connectivity index (χ0v) is 12.7. The van der Waals surface area contributed by atoms with Gasteiger partial charge in [0, 0.05) is 6.04 Å². The SMILES string of the molecule is CNC(CCc1ccccc1)C1CC(C)CC(C)C1. The summed E-state index contributed by atoms with van der Waals surface area (Å²) in [5.41, 5.74) is 1.47. The Morgan fingerprint density at radius 2 is 1.68 bits per heavy atom. The lowest BCUT2D eigenvalue weighted by Gasteiger charge is -2.36. The summed E-state index contributed by atoms with van der Waals surface area (Å²) in [7, 11) is 2.14. The van der Waals surface area contributed by atoms with E-state index in [1.54, 1.807) is 0 Å². The molecule has 1 saturated carbocycles. The molecule has 19 heavy (non-hydrogen) atoms. The summed E-state index contributed by atoms with van der Waals surface area (Å²) in [6, 6.07) is 11.6. The van der Waals surface area contributed by atoms with E-state index in [-0.39, 0.29) is 0 Å². The van der Waals surface area contributed by atoms with Gasteiger partial charge in [-0.25, -0.2) is 0 Å². The van der Waals surface area contributed by atoms with Gasteiger partial charge in [-0.2, -0.15) is 0 Å². The summed E-state index contributed by atoms with van der Waals surface area (Å²) in [5.74, 6) is 2.68. The van der Waals surface area contributed by atoms with Gasteiger partial charge >= 0.3 is 0 Å². The third kappa shape index (κ3) is 4.35. The van der Waals surface area contributed by atoms with Gasteiger partial charge in [0.15, 0.2) is 0 Å². The fourth-order valence-corrected chi connectivity index (χ4v) is 3.92. The number of benzene rings is 1. The molecule has 1 aliphatic carbocycles. The van der Waals surface area contributed by atoms with Crippen molar-refractivity contribution in [3.8, 4) is 0 Å². The molecule has 1 aromatic rings. The molecule has 1 heteroatoms. The van der Waals surface area contributed by atoms with Crippen LogP contribution in [0.1, 0.15) is 45.1 Å². The Morgan fingerprint density at radius 3 is 2.26 bits per heavy atom. The molecule has 106 valence electrons. The van der Waals surface area contributed by atoms with Crippen LogP contribution in [0.2, 0.25) is 0 Å². The van der Waals surface area contributed by atoms with Crippen LogP contribution in [0.3, 0.4) is 0 Å². The molecule has 0 heterocycles. The van der Waals surface area contributed by atoms with Crippen LogP contribution in [-0.4, -0.2) is 13.1 Å².